The third-order valence-electron chi connectivity index (χ3n) is 4.09. The van der Waals surface area contributed by atoms with E-state index in [0.717, 1.165) is 5.56 Å². The Kier molecular flexibility index (Phi) is 5.85. The summed E-state index contributed by atoms with van der Waals surface area (Å²) in [4.78, 5) is 12.4. The molecule has 0 fully saturated rings. The summed E-state index contributed by atoms with van der Waals surface area (Å²) in [5, 5.41) is 3.01. The van der Waals surface area contributed by atoms with Crippen molar-refractivity contribution in [3.05, 3.63) is 59.2 Å². The highest BCUT2D eigenvalue weighted by Crippen LogP contribution is 2.30. The lowest BCUT2D eigenvalue weighted by atomic mass is 10.0. The van der Waals surface area contributed by atoms with Gasteiger partial charge in [-0.25, -0.2) is 0 Å². The van der Waals surface area contributed by atoms with Gasteiger partial charge in [0, 0.05) is 5.56 Å². The number of ether oxygens (including phenoxy) is 2. The van der Waals surface area contributed by atoms with Gasteiger partial charge in [-0.1, -0.05) is 32.0 Å². The average molecular weight is 327 g/mol. The third kappa shape index (κ3) is 4.07. The van der Waals surface area contributed by atoms with E-state index in [4.69, 9.17) is 9.47 Å². The Labute approximate surface area is 143 Å². The van der Waals surface area contributed by atoms with E-state index in [-0.39, 0.29) is 11.9 Å². The number of rotatable bonds is 6. The lowest BCUT2D eigenvalue weighted by molar-refractivity contribution is 0.0940. The summed E-state index contributed by atoms with van der Waals surface area (Å²) in [5.74, 6) is 1.68. The first-order valence-electron chi connectivity index (χ1n) is 8.09. The normalized spacial score (nSPS) is 11.9. The van der Waals surface area contributed by atoms with Gasteiger partial charge in [-0.3, -0.25) is 4.79 Å². The molecule has 0 unspecified atom stereocenters. The second-order valence-electron chi connectivity index (χ2n) is 6.09. The van der Waals surface area contributed by atoms with Crippen LogP contribution < -0.4 is 14.8 Å². The molecule has 128 valence electrons. The highest BCUT2D eigenvalue weighted by Gasteiger charge is 2.14. The SMILES string of the molecule is COc1ccc([C@H](C)NC(=O)c2ccc(C(C)C)cc2)cc1OC. The van der Waals surface area contributed by atoms with Gasteiger partial charge in [-0.15, -0.1) is 0 Å². The van der Waals surface area contributed by atoms with Crippen molar-refractivity contribution in [2.24, 2.45) is 0 Å². The van der Waals surface area contributed by atoms with E-state index in [1.54, 1.807) is 14.2 Å². The number of carbonyl (C=O) groups excluding carboxylic acids is 1. The van der Waals surface area contributed by atoms with E-state index in [2.05, 4.69) is 19.2 Å². The third-order valence-corrected chi connectivity index (χ3v) is 4.09. The van der Waals surface area contributed by atoms with Crippen molar-refractivity contribution in [1.82, 2.24) is 5.32 Å². The van der Waals surface area contributed by atoms with Crippen LogP contribution in [0.4, 0.5) is 0 Å². The van der Waals surface area contributed by atoms with Crippen LogP contribution in [-0.4, -0.2) is 20.1 Å². The van der Waals surface area contributed by atoms with Crippen LogP contribution in [0.5, 0.6) is 11.5 Å². The van der Waals surface area contributed by atoms with Crippen LogP contribution >= 0.6 is 0 Å². The first-order valence-corrected chi connectivity index (χ1v) is 8.09. The van der Waals surface area contributed by atoms with E-state index < -0.39 is 0 Å². The van der Waals surface area contributed by atoms with Crippen LogP contribution in [0.3, 0.4) is 0 Å². The fourth-order valence-electron chi connectivity index (χ4n) is 2.50. The van der Waals surface area contributed by atoms with Gasteiger partial charge in [-0.05, 0) is 48.2 Å². The van der Waals surface area contributed by atoms with Crippen LogP contribution in [0.2, 0.25) is 0 Å². The molecule has 0 saturated carbocycles. The predicted molar refractivity (Wildman–Crippen MR) is 96.0 cm³/mol. The summed E-state index contributed by atoms with van der Waals surface area (Å²) in [6.45, 7) is 6.21. The summed E-state index contributed by atoms with van der Waals surface area (Å²) in [6, 6.07) is 13.2. The molecule has 2 aromatic rings. The van der Waals surface area contributed by atoms with Crippen molar-refractivity contribution in [2.45, 2.75) is 32.7 Å². The number of amides is 1. The Morgan fingerprint density at radius 3 is 2.00 bits per heavy atom. The summed E-state index contributed by atoms with van der Waals surface area (Å²) in [5.41, 5.74) is 2.84. The quantitative estimate of drug-likeness (QED) is 0.859. The highest BCUT2D eigenvalue weighted by molar-refractivity contribution is 5.94. The smallest absolute Gasteiger partial charge is 0.251 e. The van der Waals surface area contributed by atoms with Gasteiger partial charge in [0.15, 0.2) is 11.5 Å². The van der Waals surface area contributed by atoms with Crippen molar-refractivity contribution in [3.63, 3.8) is 0 Å². The van der Waals surface area contributed by atoms with Crippen LogP contribution in [0.25, 0.3) is 0 Å². The van der Waals surface area contributed by atoms with Crippen LogP contribution in [0, 0.1) is 0 Å². The molecule has 1 atom stereocenters. The van der Waals surface area contributed by atoms with Crippen LogP contribution in [-0.2, 0) is 0 Å². The van der Waals surface area contributed by atoms with E-state index in [0.29, 0.717) is 23.0 Å². The Balaban J connectivity index is 2.11. The molecule has 1 amide bonds. The van der Waals surface area contributed by atoms with Gasteiger partial charge in [0.1, 0.15) is 0 Å². The molecular formula is C20H25NO3. The van der Waals surface area contributed by atoms with Crippen molar-refractivity contribution >= 4 is 5.91 Å². The molecule has 0 aromatic heterocycles. The maximum absolute atomic E-state index is 12.4. The minimum Gasteiger partial charge on any atom is -0.493 e. The molecule has 0 heterocycles. The fourth-order valence-corrected chi connectivity index (χ4v) is 2.50. The maximum Gasteiger partial charge on any atom is 0.251 e. The molecule has 0 bridgehead atoms. The van der Waals surface area contributed by atoms with Gasteiger partial charge in [0.05, 0.1) is 20.3 Å². The molecule has 0 radical (unpaired) electrons. The number of hydrogen-bond acceptors (Lipinski definition) is 3. The topological polar surface area (TPSA) is 47.6 Å². The highest BCUT2D eigenvalue weighted by atomic mass is 16.5. The summed E-state index contributed by atoms with van der Waals surface area (Å²) >= 11 is 0. The van der Waals surface area contributed by atoms with E-state index in [1.807, 2.05) is 49.4 Å². The molecule has 0 spiro atoms. The first kappa shape index (κ1) is 17.9. The summed E-state index contributed by atoms with van der Waals surface area (Å²) < 4.78 is 10.6. The molecule has 1 N–H and O–H groups in total. The maximum atomic E-state index is 12.4. The monoisotopic (exact) mass is 327 g/mol. The number of benzene rings is 2. The largest absolute Gasteiger partial charge is 0.493 e. The Morgan fingerprint density at radius 1 is 0.875 bits per heavy atom. The molecule has 0 saturated heterocycles. The van der Waals surface area contributed by atoms with Crippen LogP contribution in [0.15, 0.2) is 42.5 Å². The minimum absolute atomic E-state index is 0.0902. The number of methoxy groups -OCH3 is 2. The standard InChI is InChI=1S/C20H25NO3/c1-13(2)15-6-8-16(9-7-15)20(22)21-14(3)17-10-11-18(23-4)19(12-17)24-5/h6-14H,1-5H3,(H,21,22)/t14-/m0/s1. The zero-order chi connectivity index (χ0) is 17.7. The molecule has 2 aromatic carbocycles. The predicted octanol–water partition coefficient (Wildman–Crippen LogP) is 4.32. The first-order chi connectivity index (χ1) is 11.5. The Hall–Kier alpha value is -2.49. The molecule has 4 heteroatoms. The number of nitrogens with one attached hydrogen (secondary N) is 1. The van der Waals surface area contributed by atoms with Crippen LogP contribution in [0.1, 0.15) is 54.2 Å². The van der Waals surface area contributed by atoms with Crippen molar-refractivity contribution in [3.8, 4) is 11.5 Å². The van der Waals surface area contributed by atoms with E-state index in [9.17, 15) is 4.79 Å². The lowest BCUT2D eigenvalue weighted by Crippen LogP contribution is -2.26. The van der Waals surface area contributed by atoms with Crippen molar-refractivity contribution in [1.29, 1.82) is 0 Å². The minimum atomic E-state index is -0.137. The molecule has 0 aliphatic carbocycles. The van der Waals surface area contributed by atoms with Gasteiger partial charge in [-0.2, -0.15) is 0 Å². The van der Waals surface area contributed by atoms with Gasteiger partial charge >= 0.3 is 0 Å². The molecule has 24 heavy (non-hydrogen) atoms. The second-order valence-corrected chi connectivity index (χ2v) is 6.09. The number of hydrogen-bond donors (Lipinski definition) is 1. The Morgan fingerprint density at radius 2 is 1.46 bits per heavy atom. The van der Waals surface area contributed by atoms with E-state index >= 15 is 0 Å². The fraction of sp³-hybridized carbons (Fsp3) is 0.350. The van der Waals surface area contributed by atoms with Gasteiger partial charge in [0.2, 0.25) is 0 Å². The van der Waals surface area contributed by atoms with Crippen molar-refractivity contribution in [2.75, 3.05) is 14.2 Å². The zero-order valence-corrected chi connectivity index (χ0v) is 14.9. The molecule has 2 rings (SSSR count). The zero-order valence-electron chi connectivity index (χ0n) is 14.9. The molecule has 0 aliphatic heterocycles. The molecule has 0 aliphatic rings. The molecule has 4 nitrogen and oxygen atoms in total. The lowest BCUT2D eigenvalue weighted by Gasteiger charge is -2.17. The average Bonchev–Trinajstić information content (AvgIpc) is 2.60. The second kappa shape index (κ2) is 7.86. The van der Waals surface area contributed by atoms with Crippen molar-refractivity contribution < 1.29 is 14.3 Å². The summed E-state index contributed by atoms with van der Waals surface area (Å²) in [7, 11) is 3.20. The van der Waals surface area contributed by atoms with E-state index in [1.165, 1.54) is 5.56 Å². The number of carbonyl (C=O) groups is 1. The molecular weight excluding hydrogens is 302 g/mol. The van der Waals surface area contributed by atoms with Gasteiger partial charge < -0.3 is 14.8 Å². The Bertz CT molecular complexity index is 693. The van der Waals surface area contributed by atoms with Gasteiger partial charge in [0.25, 0.3) is 5.91 Å². The summed E-state index contributed by atoms with van der Waals surface area (Å²) in [6.07, 6.45) is 0.